The van der Waals surface area contributed by atoms with Gasteiger partial charge in [-0.1, -0.05) is 0 Å². The lowest BCUT2D eigenvalue weighted by atomic mass is 10.4. The number of sulfonamides is 1. The van der Waals surface area contributed by atoms with Gasteiger partial charge >= 0.3 is 0 Å². The van der Waals surface area contributed by atoms with Crippen LogP contribution in [0.5, 0.6) is 0 Å². The normalized spacial score (nSPS) is 13.5. The third-order valence-electron chi connectivity index (χ3n) is 1.96. The maximum Gasteiger partial charge on any atom is 0.236 e. The van der Waals surface area contributed by atoms with Crippen molar-refractivity contribution in [2.24, 2.45) is 0 Å². The summed E-state index contributed by atoms with van der Waals surface area (Å²) in [5.41, 5.74) is 0.535. The van der Waals surface area contributed by atoms with Crippen molar-refractivity contribution >= 4 is 15.7 Å². The van der Waals surface area contributed by atoms with E-state index >= 15 is 0 Å². The summed E-state index contributed by atoms with van der Waals surface area (Å²) in [4.78, 5) is 3.81. The first-order valence-electron chi connectivity index (χ1n) is 4.62. The smallest absolute Gasteiger partial charge is 0.236 e. The SMILES string of the molecule is CNCC(C)S(=O)(=O)Nc1ccncc1. The van der Waals surface area contributed by atoms with Crippen LogP contribution in [0.1, 0.15) is 6.92 Å². The molecule has 0 aliphatic rings. The minimum absolute atomic E-state index is 0.417. The summed E-state index contributed by atoms with van der Waals surface area (Å²) in [6, 6.07) is 3.23. The zero-order chi connectivity index (χ0) is 11.3. The van der Waals surface area contributed by atoms with Gasteiger partial charge in [0.25, 0.3) is 0 Å². The van der Waals surface area contributed by atoms with Crippen molar-refractivity contribution in [1.29, 1.82) is 0 Å². The van der Waals surface area contributed by atoms with Crippen LogP contribution in [-0.2, 0) is 10.0 Å². The standard InChI is InChI=1S/C9H15N3O2S/c1-8(7-10-2)15(13,14)12-9-3-5-11-6-4-9/h3-6,8,10H,7H2,1-2H3,(H,11,12). The second-order valence-electron chi connectivity index (χ2n) is 3.25. The highest BCUT2D eigenvalue weighted by atomic mass is 32.2. The minimum Gasteiger partial charge on any atom is -0.318 e. The van der Waals surface area contributed by atoms with Crippen LogP contribution in [0, 0.1) is 0 Å². The van der Waals surface area contributed by atoms with Crippen molar-refractivity contribution in [3.63, 3.8) is 0 Å². The molecule has 1 aromatic heterocycles. The van der Waals surface area contributed by atoms with Crippen molar-refractivity contribution in [1.82, 2.24) is 10.3 Å². The summed E-state index contributed by atoms with van der Waals surface area (Å²) in [6.07, 6.45) is 3.08. The summed E-state index contributed by atoms with van der Waals surface area (Å²) in [5.74, 6) is 0. The molecule has 1 heterocycles. The molecule has 0 aliphatic carbocycles. The lowest BCUT2D eigenvalue weighted by Gasteiger charge is -2.13. The third kappa shape index (κ3) is 3.49. The summed E-state index contributed by atoms with van der Waals surface area (Å²) in [7, 11) is -1.60. The van der Waals surface area contributed by atoms with Crippen molar-refractivity contribution in [3.05, 3.63) is 24.5 Å². The number of pyridine rings is 1. The average Bonchev–Trinajstić information content (AvgIpc) is 2.19. The quantitative estimate of drug-likeness (QED) is 0.768. The molecule has 5 nitrogen and oxygen atoms in total. The minimum atomic E-state index is -3.32. The summed E-state index contributed by atoms with van der Waals surface area (Å²) in [5, 5.41) is 2.35. The Morgan fingerprint density at radius 2 is 2.00 bits per heavy atom. The lowest BCUT2D eigenvalue weighted by Crippen LogP contribution is -2.33. The van der Waals surface area contributed by atoms with Gasteiger partial charge in [0, 0.05) is 18.9 Å². The molecule has 0 spiro atoms. The van der Waals surface area contributed by atoms with Gasteiger partial charge in [-0.2, -0.15) is 0 Å². The van der Waals surface area contributed by atoms with Gasteiger partial charge in [0.05, 0.1) is 10.9 Å². The molecule has 0 aliphatic heterocycles. The highest BCUT2D eigenvalue weighted by Gasteiger charge is 2.19. The fraction of sp³-hybridized carbons (Fsp3) is 0.444. The Labute approximate surface area is 90.0 Å². The molecule has 0 radical (unpaired) electrons. The molecule has 0 amide bonds. The number of nitrogens with zero attached hydrogens (tertiary/aromatic N) is 1. The molecule has 15 heavy (non-hydrogen) atoms. The summed E-state index contributed by atoms with van der Waals surface area (Å²) >= 11 is 0. The van der Waals surface area contributed by atoms with E-state index in [0.29, 0.717) is 12.2 Å². The molecule has 0 saturated carbocycles. The van der Waals surface area contributed by atoms with Crippen LogP contribution >= 0.6 is 0 Å². The Morgan fingerprint density at radius 1 is 1.40 bits per heavy atom. The lowest BCUT2D eigenvalue weighted by molar-refractivity contribution is 0.584. The van der Waals surface area contributed by atoms with E-state index in [0.717, 1.165) is 0 Å². The topological polar surface area (TPSA) is 71.1 Å². The predicted octanol–water partition coefficient (Wildman–Crippen LogP) is 0.431. The van der Waals surface area contributed by atoms with Crippen molar-refractivity contribution < 1.29 is 8.42 Å². The highest BCUT2D eigenvalue weighted by Crippen LogP contribution is 2.09. The van der Waals surface area contributed by atoms with E-state index in [9.17, 15) is 8.42 Å². The largest absolute Gasteiger partial charge is 0.318 e. The van der Waals surface area contributed by atoms with Crippen LogP contribution in [0.25, 0.3) is 0 Å². The fourth-order valence-electron chi connectivity index (χ4n) is 1.08. The first kappa shape index (κ1) is 11.9. The molecule has 0 fully saturated rings. The van der Waals surface area contributed by atoms with Gasteiger partial charge in [-0.25, -0.2) is 8.42 Å². The molecule has 1 atom stereocenters. The molecular weight excluding hydrogens is 214 g/mol. The second kappa shape index (κ2) is 5.09. The van der Waals surface area contributed by atoms with E-state index in [1.165, 1.54) is 0 Å². The first-order valence-corrected chi connectivity index (χ1v) is 6.17. The van der Waals surface area contributed by atoms with E-state index < -0.39 is 15.3 Å². The third-order valence-corrected chi connectivity index (χ3v) is 3.71. The van der Waals surface area contributed by atoms with Gasteiger partial charge in [0.1, 0.15) is 0 Å². The highest BCUT2D eigenvalue weighted by molar-refractivity contribution is 7.93. The molecule has 6 heteroatoms. The Morgan fingerprint density at radius 3 is 2.53 bits per heavy atom. The zero-order valence-electron chi connectivity index (χ0n) is 8.77. The Hall–Kier alpha value is -1.14. The monoisotopic (exact) mass is 229 g/mol. The van der Waals surface area contributed by atoms with Crippen LogP contribution < -0.4 is 10.0 Å². The number of hydrogen-bond acceptors (Lipinski definition) is 4. The van der Waals surface area contributed by atoms with Crippen LogP contribution in [0.4, 0.5) is 5.69 Å². The Bertz CT molecular complexity index is 391. The predicted molar refractivity (Wildman–Crippen MR) is 60.2 cm³/mol. The maximum absolute atomic E-state index is 11.7. The first-order chi connectivity index (χ1) is 7.06. The van der Waals surface area contributed by atoms with Crippen LogP contribution in [0.2, 0.25) is 0 Å². The van der Waals surface area contributed by atoms with Crippen molar-refractivity contribution in [3.8, 4) is 0 Å². The molecule has 1 aromatic rings. The van der Waals surface area contributed by atoms with E-state index in [4.69, 9.17) is 0 Å². The molecule has 0 aromatic carbocycles. The van der Waals surface area contributed by atoms with Gasteiger partial charge in [0.15, 0.2) is 0 Å². The number of hydrogen-bond donors (Lipinski definition) is 2. The number of anilines is 1. The molecule has 84 valence electrons. The summed E-state index contributed by atoms with van der Waals surface area (Å²) in [6.45, 7) is 2.07. The van der Waals surface area contributed by atoms with Crippen LogP contribution in [0.3, 0.4) is 0 Å². The molecule has 0 bridgehead atoms. The van der Waals surface area contributed by atoms with Gasteiger partial charge in [-0.15, -0.1) is 0 Å². The Kier molecular flexibility index (Phi) is 4.05. The van der Waals surface area contributed by atoms with E-state index in [1.54, 1.807) is 38.5 Å². The average molecular weight is 229 g/mol. The number of nitrogens with one attached hydrogen (secondary N) is 2. The van der Waals surface area contributed by atoms with E-state index in [1.807, 2.05) is 0 Å². The summed E-state index contributed by atoms with van der Waals surface area (Å²) < 4.78 is 25.9. The van der Waals surface area contributed by atoms with E-state index in [-0.39, 0.29) is 0 Å². The van der Waals surface area contributed by atoms with Crippen LogP contribution in [0.15, 0.2) is 24.5 Å². The van der Waals surface area contributed by atoms with Crippen molar-refractivity contribution in [2.45, 2.75) is 12.2 Å². The number of aromatic nitrogens is 1. The molecule has 0 saturated heterocycles. The van der Waals surface area contributed by atoms with E-state index in [2.05, 4.69) is 15.0 Å². The molecule has 1 unspecified atom stereocenters. The second-order valence-corrected chi connectivity index (χ2v) is 5.35. The van der Waals surface area contributed by atoms with Gasteiger partial charge in [-0.05, 0) is 26.1 Å². The molecule has 1 rings (SSSR count). The van der Waals surface area contributed by atoms with Crippen molar-refractivity contribution in [2.75, 3.05) is 18.3 Å². The fourth-order valence-corrected chi connectivity index (χ4v) is 2.13. The van der Waals surface area contributed by atoms with Gasteiger partial charge < -0.3 is 5.32 Å². The zero-order valence-corrected chi connectivity index (χ0v) is 9.58. The van der Waals surface area contributed by atoms with Gasteiger partial charge in [-0.3, -0.25) is 9.71 Å². The Balaban J connectivity index is 2.73. The number of rotatable bonds is 5. The maximum atomic E-state index is 11.7. The molecular formula is C9H15N3O2S. The van der Waals surface area contributed by atoms with Gasteiger partial charge in [0.2, 0.25) is 10.0 Å². The van der Waals surface area contributed by atoms with Crippen LogP contribution in [-0.4, -0.2) is 32.2 Å². The molecule has 2 N–H and O–H groups in total.